The summed E-state index contributed by atoms with van der Waals surface area (Å²) in [6.45, 7) is 2.31. The number of halogens is 1. The van der Waals surface area contributed by atoms with Gasteiger partial charge in [0.05, 0.1) is 17.1 Å². The summed E-state index contributed by atoms with van der Waals surface area (Å²) in [5, 5.41) is 3.49. The van der Waals surface area contributed by atoms with Crippen LogP contribution < -0.4 is 5.32 Å². The molecule has 4 heteroatoms. The number of allylic oxidation sites excluding steroid dienone is 6. The molecule has 0 amide bonds. The Labute approximate surface area is 149 Å². The number of fused-ring (bicyclic) bond motifs is 1. The summed E-state index contributed by atoms with van der Waals surface area (Å²) < 4.78 is 2.40. The predicted molar refractivity (Wildman–Crippen MR) is 103 cm³/mol. The van der Waals surface area contributed by atoms with Crippen molar-refractivity contribution in [1.82, 2.24) is 9.88 Å². The number of rotatable bonds is 1. The van der Waals surface area contributed by atoms with E-state index in [4.69, 9.17) is 4.99 Å². The van der Waals surface area contributed by atoms with E-state index in [-0.39, 0.29) is 12.4 Å². The van der Waals surface area contributed by atoms with Gasteiger partial charge in [-0.3, -0.25) is 4.99 Å². The van der Waals surface area contributed by atoms with Crippen LogP contribution in [0.4, 0.5) is 0 Å². The van der Waals surface area contributed by atoms with Gasteiger partial charge in [-0.2, -0.15) is 0 Å². The Kier molecular flexibility index (Phi) is 4.23. The van der Waals surface area contributed by atoms with Crippen molar-refractivity contribution in [2.45, 2.75) is 32.1 Å². The molecule has 3 nitrogen and oxygen atoms in total. The van der Waals surface area contributed by atoms with E-state index >= 15 is 0 Å². The quantitative estimate of drug-likeness (QED) is 0.819. The lowest BCUT2D eigenvalue weighted by molar-refractivity contribution is 0.287. The number of aliphatic imine (C=N–C) groups is 1. The van der Waals surface area contributed by atoms with Gasteiger partial charge in [0, 0.05) is 23.9 Å². The minimum atomic E-state index is 0. The second kappa shape index (κ2) is 6.38. The molecule has 0 bridgehead atoms. The van der Waals surface area contributed by atoms with Crippen molar-refractivity contribution in [1.29, 1.82) is 0 Å². The Morgan fingerprint density at radius 3 is 2.96 bits per heavy atom. The molecule has 1 aromatic heterocycles. The standard InChI is InChI=1S/C20H23N3.ClH/c1-3-15-9-12-23-18-6-2-5-17(14-7-10-21-11-8-14)19(18)22-13-16(4-1)20(15)23;/h2,4,6,9,12-14,17,21H,1,3,5,7-8,10-11H2;1H. The first-order valence-corrected chi connectivity index (χ1v) is 8.98. The average Bonchev–Trinajstić information content (AvgIpc) is 2.97. The van der Waals surface area contributed by atoms with Crippen molar-refractivity contribution < 1.29 is 0 Å². The first kappa shape index (κ1) is 15.9. The highest BCUT2D eigenvalue weighted by Gasteiger charge is 2.32. The third-order valence-corrected chi connectivity index (χ3v) is 5.86. The summed E-state index contributed by atoms with van der Waals surface area (Å²) in [5.74, 6) is 1.34. The molecule has 0 radical (unpaired) electrons. The lowest BCUT2D eigenvalue weighted by Crippen LogP contribution is -2.32. The van der Waals surface area contributed by atoms with Crippen LogP contribution in [0.1, 0.15) is 36.9 Å². The summed E-state index contributed by atoms with van der Waals surface area (Å²) >= 11 is 0. The smallest absolute Gasteiger partial charge is 0.0680 e. The summed E-state index contributed by atoms with van der Waals surface area (Å²) in [7, 11) is 0. The fourth-order valence-corrected chi connectivity index (χ4v) is 4.67. The van der Waals surface area contributed by atoms with E-state index in [1.165, 1.54) is 41.1 Å². The largest absolute Gasteiger partial charge is 0.317 e. The van der Waals surface area contributed by atoms with Crippen molar-refractivity contribution in [3.63, 3.8) is 0 Å². The van der Waals surface area contributed by atoms with Crippen LogP contribution in [0.25, 0.3) is 11.3 Å². The third kappa shape index (κ3) is 2.42. The molecule has 0 saturated carbocycles. The van der Waals surface area contributed by atoms with Crippen molar-refractivity contribution >= 4 is 29.9 Å². The monoisotopic (exact) mass is 341 g/mol. The zero-order chi connectivity index (χ0) is 15.2. The summed E-state index contributed by atoms with van der Waals surface area (Å²) in [5.41, 5.74) is 6.78. The molecule has 1 unspecified atom stereocenters. The van der Waals surface area contributed by atoms with Gasteiger partial charge in [-0.05, 0) is 68.8 Å². The van der Waals surface area contributed by atoms with Crippen LogP contribution >= 0.6 is 12.4 Å². The average molecular weight is 342 g/mol. The molecule has 1 atom stereocenters. The first-order chi connectivity index (χ1) is 11.4. The molecule has 1 fully saturated rings. The minimum Gasteiger partial charge on any atom is -0.317 e. The highest BCUT2D eigenvalue weighted by molar-refractivity contribution is 6.12. The fourth-order valence-electron chi connectivity index (χ4n) is 4.67. The molecule has 0 spiro atoms. The Morgan fingerprint density at radius 1 is 1.21 bits per heavy atom. The summed E-state index contributed by atoms with van der Waals surface area (Å²) in [4.78, 5) is 5.01. The number of hydrogen-bond acceptors (Lipinski definition) is 2. The molecule has 2 aliphatic heterocycles. The van der Waals surface area contributed by atoms with Crippen LogP contribution in [0.5, 0.6) is 0 Å². The lowest BCUT2D eigenvalue weighted by atomic mass is 9.78. The Bertz CT molecular complexity index is 760. The van der Waals surface area contributed by atoms with Crippen molar-refractivity contribution in [2.75, 3.05) is 13.1 Å². The lowest BCUT2D eigenvalue weighted by Gasteiger charge is -2.33. The Morgan fingerprint density at radius 2 is 2.08 bits per heavy atom. The topological polar surface area (TPSA) is 29.3 Å². The molecular formula is C20H24ClN3. The van der Waals surface area contributed by atoms with Crippen LogP contribution in [-0.2, 0) is 6.42 Å². The van der Waals surface area contributed by atoms with Gasteiger partial charge in [0.2, 0.25) is 0 Å². The molecule has 126 valence electrons. The normalized spacial score (nSPS) is 25.5. The molecule has 2 aliphatic carbocycles. The number of aryl methyl sites for hydroxylation is 1. The van der Waals surface area contributed by atoms with Crippen LogP contribution in [0, 0.1) is 11.8 Å². The van der Waals surface area contributed by atoms with Crippen LogP contribution in [-0.4, -0.2) is 23.9 Å². The maximum Gasteiger partial charge on any atom is 0.0680 e. The molecule has 5 rings (SSSR count). The molecule has 3 heterocycles. The molecule has 1 N–H and O–H groups in total. The van der Waals surface area contributed by atoms with Gasteiger partial charge in [-0.25, -0.2) is 0 Å². The number of piperidine rings is 1. The molecule has 1 aromatic rings. The Balaban J connectivity index is 0.00000146. The van der Waals surface area contributed by atoms with Gasteiger partial charge in [0.25, 0.3) is 0 Å². The van der Waals surface area contributed by atoms with Crippen LogP contribution in [0.2, 0.25) is 0 Å². The van der Waals surface area contributed by atoms with E-state index in [1.807, 2.05) is 0 Å². The zero-order valence-corrected chi connectivity index (χ0v) is 14.7. The van der Waals surface area contributed by atoms with E-state index < -0.39 is 0 Å². The number of hydrogen-bond donors (Lipinski definition) is 1. The second-order valence-electron chi connectivity index (χ2n) is 7.12. The maximum atomic E-state index is 5.01. The number of nitrogens with zero attached hydrogens (tertiary/aromatic N) is 2. The van der Waals surface area contributed by atoms with Crippen molar-refractivity contribution in [3.05, 3.63) is 47.4 Å². The molecule has 4 aliphatic rings. The first-order valence-electron chi connectivity index (χ1n) is 8.98. The van der Waals surface area contributed by atoms with Gasteiger partial charge in [-0.1, -0.05) is 12.2 Å². The van der Waals surface area contributed by atoms with E-state index in [9.17, 15) is 0 Å². The van der Waals surface area contributed by atoms with Crippen molar-refractivity contribution in [3.8, 4) is 0 Å². The molecule has 1 saturated heterocycles. The molecular weight excluding hydrogens is 318 g/mol. The number of nitrogens with one attached hydrogen (secondary N) is 1. The van der Waals surface area contributed by atoms with E-state index in [2.05, 4.69) is 46.6 Å². The van der Waals surface area contributed by atoms with Gasteiger partial charge in [0.15, 0.2) is 0 Å². The van der Waals surface area contributed by atoms with Gasteiger partial charge < -0.3 is 9.88 Å². The van der Waals surface area contributed by atoms with Gasteiger partial charge in [0.1, 0.15) is 0 Å². The highest BCUT2D eigenvalue weighted by Crippen LogP contribution is 2.41. The molecule has 0 aromatic carbocycles. The third-order valence-electron chi connectivity index (χ3n) is 5.86. The Hall–Kier alpha value is -1.58. The van der Waals surface area contributed by atoms with Gasteiger partial charge in [-0.15, -0.1) is 12.4 Å². The maximum absolute atomic E-state index is 5.01. The van der Waals surface area contributed by atoms with Gasteiger partial charge >= 0.3 is 0 Å². The molecule has 24 heavy (non-hydrogen) atoms. The number of aromatic nitrogens is 1. The van der Waals surface area contributed by atoms with Crippen molar-refractivity contribution in [2.24, 2.45) is 16.8 Å². The van der Waals surface area contributed by atoms with E-state index in [0.29, 0.717) is 5.92 Å². The van der Waals surface area contributed by atoms with E-state index in [1.54, 1.807) is 0 Å². The predicted octanol–water partition coefficient (Wildman–Crippen LogP) is 4.07. The van der Waals surface area contributed by atoms with Crippen LogP contribution in [0.3, 0.4) is 0 Å². The zero-order valence-electron chi connectivity index (χ0n) is 13.9. The highest BCUT2D eigenvalue weighted by atomic mass is 35.5. The second-order valence-corrected chi connectivity index (χ2v) is 7.12. The van der Waals surface area contributed by atoms with Crippen LogP contribution in [0.15, 0.2) is 41.2 Å². The summed E-state index contributed by atoms with van der Waals surface area (Å²) in [6, 6.07) is 2.30. The minimum absolute atomic E-state index is 0. The SMILES string of the molecule is C1=CC2=C(N=CC3=CCCc4ccn2c43)C(C2CCNCC2)C1.Cl. The van der Waals surface area contributed by atoms with E-state index in [0.717, 1.165) is 38.3 Å². The fraction of sp³-hybridized carbons (Fsp3) is 0.450. The summed E-state index contributed by atoms with van der Waals surface area (Å²) in [6.07, 6.45) is 17.4.